The number of aliphatic hydroxyl groups excluding tert-OH is 1. The zero-order valence-electron chi connectivity index (χ0n) is 19.4. The lowest BCUT2D eigenvalue weighted by atomic mass is 10.2. The second-order valence-electron chi connectivity index (χ2n) is 9.14. The highest BCUT2D eigenvalue weighted by molar-refractivity contribution is 6.87. The van der Waals surface area contributed by atoms with Crippen molar-refractivity contribution < 1.29 is 29.3 Å². The summed E-state index contributed by atoms with van der Waals surface area (Å²) in [5.41, 5.74) is 4.04. The van der Waals surface area contributed by atoms with Gasteiger partial charge in [0.1, 0.15) is 20.7 Å². The van der Waals surface area contributed by atoms with Crippen LogP contribution in [-0.2, 0) is 20.9 Å². The Morgan fingerprint density at radius 1 is 1.16 bits per heavy atom. The number of amides is 2. The number of carboxylic acids is 1. The molecule has 0 unspecified atom stereocenters. The molecule has 0 radical (unpaired) electrons. The first-order chi connectivity index (χ1) is 14.8. The molecule has 0 aromatic heterocycles. The molecule has 0 spiro atoms. The first-order valence-electron chi connectivity index (χ1n) is 10.5. The van der Waals surface area contributed by atoms with Crippen LogP contribution in [0, 0.1) is 11.5 Å². The van der Waals surface area contributed by atoms with Crippen LogP contribution < -0.4 is 10.6 Å². The number of nitrogens with one attached hydrogen (secondary N) is 2. The van der Waals surface area contributed by atoms with Gasteiger partial charge in [0.15, 0.2) is 0 Å². The molecule has 0 fully saturated rings. The van der Waals surface area contributed by atoms with Crippen LogP contribution in [0.5, 0.6) is 0 Å². The Bertz CT molecular complexity index is 840. The van der Waals surface area contributed by atoms with Gasteiger partial charge in [0.05, 0.1) is 12.5 Å². The summed E-state index contributed by atoms with van der Waals surface area (Å²) in [4.78, 5) is 35.3. The summed E-state index contributed by atoms with van der Waals surface area (Å²) in [5.74, 6) is 1.09. The van der Waals surface area contributed by atoms with E-state index in [2.05, 4.69) is 56.0 Å². The molecule has 0 saturated heterocycles. The number of benzene rings is 1. The maximum atomic E-state index is 12.1. The lowest BCUT2D eigenvalue weighted by Crippen LogP contribution is -2.43. The molecule has 32 heavy (non-hydrogen) atoms. The van der Waals surface area contributed by atoms with Gasteiger partial charge in [-0.3, -0.25) is 4.79 Å². The minimum Gasteiger partial charge on any atom is -0.480 e. The van der Waals surface area contributed by atoms with Crippen LogP contribution in [0.2, 0.25) is 18.1 Å². The van der Waals surface area contributed by atoms with Crippen LogP contribution in [0.15, 0.2) is 30.3 Å². The van der Waals surface area contributed by atoms with Gasteiger partial charge in [-0.05, 0) is 10.6 Å². The SMILES string of the molecule is CC(C)(C)[Si](C)(C)C#CC[C@H](NC(=O)C[C@H](O)CNC(=O)OCc1ccccc1)C(=O)O. The molecule has 2 atom stereocenters. The first-order valence-corrected chi connectivity index (χ1v) is 13.5. The number of aliphatic carboxylic acids is 1. The maximum Gasteiger partial charge on any atom is 0.407 e. The van der Waals surface area contributed by atoms with Crippen molar-refractivity contribution in [2.24, 2.45) is 0 Å². The largest absolute Gasteiger partial charge is 0.480 e. The summed E-state index contributed by atoms with van der Waals surface area (Å²) in [6.07, 6.45) is -2.30. The van der Waals surface area contributed by atoms with Gasteiger partial charge in [-0.1, -0.05) is 64.2 Å². The van der Waals surface area contributed by atoms with Crippen molar-refractivity contribution >= 4 is 26.0 Å². The maximum absolute atomic E-state index is 12.1. The Morgan fingerprint density at radius 2 is 1.78 bits per heavy atom. The molecule has 1 aromatic rings. The van der Waals surface area contributed by atoms with Crippen molar-refractivity contribution in [1.29, 1.82) is 0 Å². The molecular formula is C23H34N2O6Si. The highest BCUT2D eigenvalue weighted by Gasteiger charge is 2.33. The minimum absolute atomic E-state index is 0.0201. The van der Waals surface area contributed by atoms with Crippen LogP contribution in [-0.4, -0.2) is 54.9 Å². The number of hydrogen-bond acceptors (Lipinski definition) is 5. The predicted molar refractivity (Wildman–Crippen MR) is 124 cm³/mol. The van der Waals surface area contributed by atoms with Crippen LogP contribution in [0.1, 0.15) is 39.2 Å². The number of aliphatic hydroxyl groups is 1. The van der Waals surface area contributed by atoms with E-state index in [0.29, 0.717) is 0 Å². The van der Waals surface area contributed by atoms with Crippen LogP contribution >= 0.6 is 0 Å². The smallest absolute Gasteiger partial charge is 0.407 e. The molecule has 1 rings (SSSR count). The highest BCUT2D eigenvalue weighted by atomic mass is 28.3. The van der Waals surface area contributed by atoms with Gasteiger partial charge in [0.2, 0.25) is 5.91 Å². The monoisotopic (exact) mass is 462 g/mol. The lowest BCUT2D eigenvalue weighted by Gasteiger charge is -2.31. The molecular weight excluding hydrogens is 428 g/mol. The van der Waals surface area contributed by atoms with Crippen molar-refractivity contribution in [3.8, 4) is 11.5 Å². The Hall–Kier alpha value is -2.83. The molecule has 4 N–H and O–H groups in total. The Morgan fingerprint density at radius 3 is 2.34 bits per heavy atom. The third kappa shape index (κ3) is 9.98. The van der Waals surface area contributed by atoms with E-state index in [0.717, 1.165) is 5.56 Å². The van der Waals surface area contributed by atoms with Gasteiger partial charge < -0.3 is 25.6 Å². The summed E-state index contributed by atoms with van der Waals surface area (Å²) in [6, 6.07) is 7.94. The summed E-state index contributed by atoms with van der Waals surface area (Å²) in [5, 5.41) is 24.1. The Kier molecular flexibility index (Phi) is 10.4. The number of carbonyl (C=O) groups excluding carboxylic acids is 2. The van der Waals surface area contributed by atoms with E-state index in [4.69, 9.17) is 4.74 Å². The predicted octanol–water partition coefficient (Wildman–Crippen LogP) is 2.67. The van der Waals surface area contributed by atoms with E-state index >= 15 is 0 Å². The Balaban J connectivity index is 2.45. The number of alkyl carbamates (subject to hydrolysis) is 1. The molecule has 0 aliphatic rings. The average Bonchev–Trinajstić information content (AvgIpc) is 2.69. The van der Waals surface area contributed by atoms with Crippen LogP contribution in [0.3, 0.4) is 0 Å². The molecule has 8 nitrogen and oxygen atoms in total. The highest BCUT2D eigenvalue weighted by Crippen LogP contribution is 2.35. The first kappa shape index (κ1) is 27.2. The van der Waals surface area contributed by atoms with Gasteiger partial charge >= 0.3 is 12.1 Å². The van der Waals surface area contributed by atoms with Crippen molar-refractivity contribution in [3.63, 3.8) is 0 Å². The molecule has 0 saturated carbocycles. The standard InChI is InChI=1S/C23H34N2O6Si/c1-23(2,3)32(4,5)13-9-12-19(21(28)29)25-20(27)14-18(26)15-24-22(30)31-16-17-10-7-6-8-11-17/h6-8,10-11,18-19,26H,12,14-16H2,1-5H3,(H,24,30)(H,25,27)(H,28,29)/t18-,19-/m0/s1. The zero-order valence-corrected chi connectivity index (χ0v) is 20.4. The van der Waals surface area contributed by atoms with E-state index in [1.807, 2.05) is 30.3 Å². The third-order valence-corrected chi connectivity index (χ3v) is 9.88. The van der Waals surface area contributed by atoms with Gasteiger partial charge in [-0.15, -0.1) is 11.5 Å². The fraction of sp³-hybridized carbons (Fsp3) is 0.522. The molecule has 1 aromatic carbocycles. The number of carbonyl (C=O) groups is 3. The van der Waals surface area contributed by atoms with E-state index < -0.39 is 38.2 Å². The summed E-state index contributed by atoms with van der Waals surface area (Å²) in [7, 11) is -1.88. The summed E-state index contributed by atoms with van der Waals surface area (Å²) < 4.78 is 5.02. The van der Waals surface area contributed by atoms with Crippen molar-refractivity contribution in [3.05, 3.63) is 35.9 Å². The summed E-state index contributed by atoms with van der Waals surface area (Å²) in [6.45, 7) is 10.4. The fourth-order valence-corrected chi connectivity index (χ4v) is 3.20. The van der Waals surface area contributed by atoms with Crippen molar-refractivity contribution in [2.75, 3.05) is 6.54 Å². The Labute approximate surface area is 190 Å². The van der Waals surface area contributed by atoms with E-state index in [1.165, 1.54) is 0 Å². The van der Waals surface area contributed by atoms with Gasteiger partial charge in [-0.2, -0.15) is 0 Å². The lowest BCUT2D eigenvalue weighted by molar-refractivity contribution is -0.142. The van der Waals surface area contributed by atoms with Gasteiger partial charge in [-0.25, -0.2) is 9.59 Å². The molecule has 0 heterocycles. The average molecular weight is 463 g/mol. The number of ether oxygens (including phenoxy) is 1. The second-order valence-corrected chi connectivity index (χ2v) is 14.1. The molecule has 176 valence electrons. The molecule has 9 heteroatoms. The number of carboxylic acid groups (broad SMARTS) is 1. The van der Waals surface area contributed by atoms with Gasteiger partial charge in [0, 0.05) is 13.0 Å². The molecule has 0 aliphatic heterocycles. The van der Waals surface area contributed by atoms with Crippen molar-refractivity contribution in [1.82, 2.24) is 10.6 Å². The van der Waals surface area contributed by atoms with E-state index in [-0.39, 0.29) is 31.0 Å². The number of rotatable bonds is 9. The summed E-state index contributed by atoms with van der Waals surface area (Å²) >= 11 is 0. The molecule has 2 amide bonds. The minimum atomic E-state index is -1.88. The normalized spacial score (nSPS) is 13.2. The zero-order chi connectivity index (χ0) is 24.4. The number of hydrogen-bond donors (Lipinski definition) is 4. The van der Waals surface area contributed by atoms with Crippen molar-refractivity contribution in [2.45, 2.75) is 70.5 Å². The van der Waals surface area contributed by atoms with Crippen LogP contribution in [0.4, 0.5) is 4.79 Å². The van der Waals surface area contributed by atoms with E-state index in [1.54, 1.807) is 0 Å². The topological polar surface area (TPSA) is 125 Å². The third-order valence-electron chi connectivity index (χ3n) is 5.33. The second kappa shape index (κ2) is 12.3. The fourth-order valence-electron chi connectivity index (χ4n) is 2.28. The molecule has 0 bridgehead atoms. The molecule has 0 aliphatic carbocycles. The van der Waals surface area contributed by atoms with Crippen LogP contribution in [0.25, 0.3) is 0 Å². The van der Waals surface area contributed by atoms with Gasteiger partial charge in [0.25, 0.3) is 0 Å². The van der Waals surface area contributed by atoms with E-state index in [9.17, 15) is 24.6 Å². The quantitative estimate of drug-likeness (QED) is 0.330.